The summed E-state index contributed by atoms with van der Waals surface area (Å²) in [5.74, 6) is 0.557. The third-order valence-electron chi connectivity index (χ3n) is 5.72. The highest BCUT2D eigenvalue weighted by atomic mass is 19.1. The van der Waals surface area contributed by atoms with Crippen LogP contribution in [0.4, 0.5) is 21.6 Å². The molecule has 1 saturated heterocycles. The Kier molecular flexibility index (Phi) is 7.14. The Hall–Kier alpha value is -3.52. The van der Waals surface area contributed by atoms with E-state index in [1.807, 2.05) is 54.1 Å². The molecule has 3 heterocycles. The highest BCUT2D eigenvalue weighted by Crippen LogP contribution is 2.24. The van der Waals surface area contributed by atoms with Crippen molar-refractivity contribution in [2.24, 2.45) is 0 Å². The van der Waals surface area contributed by atoms with E-state index < -0.39 is 0 Å². The predicted molar refractivity (Wildman–Crippen MR) is 126 cm³/mol. The van der Waals surface area contributed by atoms with E-state index in [-0.39, 0.29) is 17.8 Å². The van der Waals surface area contributed by atoms with Gasteiger partial charge in [0.15, 0.2) is 0 Å². The van der Waals surface area contributed by atoms with Crippen LogP contribution in [-0.4, -0.2) is 54.1 Å². The van der Waals surface area contributed by atoms with Gasteiger partial charge < -0.3 is 19.9 Å². The second-order valence-corrected chi connectivity index (χ2v) is 8.12. The molecule has 172 valence electrons. The molecule has 1 fully saturated rings. The molecular weight excluding hydrogens is 421 g/mol. The van der Waals surface area contributed by atoms with E-state index in [1.54, 1.807) is 18.5 Å². The summed E-state index contributed by atoms with van der Waals surface area (Å²) in [6, 6.07) is 14.1. The Morgan fingerprint density at radius 3 is 2.88 bits per heavy atom. The van der Waals surface area contributed by atoms with Crippen LogP contribution in [0.1, 0.15) is 23.8 Å². The molecule has 0 radical (unpaired) electrons. The number of hydrogen-bond donors (Lipinski definition) is 1. The molecule has 1 aromatic carbocycles. The van der Waals surface area contributed by atoms with Gasteiger partial charge in [-0.1, -0.05) is 12.1 Å². The zero-order chi connectivity index (χ0) is 23.2. The molecule has 7 nitrogen and oxygen atoms in total. The summed E-state index contributed by atoms with van der Waals surface area (Å²) in [6.07, 6.45) is 3.57. The Morgan fingerprint density at radius 1 is 1.24 bits per heavy atom. The second kappa shape index (κ2) is 10.4. The van der Waals surface area contributed by atoms with E-state index in [9.17, 15) is 9.18 Å². The van der Waals surface area contributed by atoms with E-state index in [4.69, 9.17) is 4.74 Å². The second-order valence-electron chi connectivity index (χ2n) is 8.12. The van der Waals surface area contributed by atoms with E-state index in [1.165, 1.54) is 12.1 Å². The van der Waals surface area contributed by atoms with E-state index in [2.05, 4.69) is 15.3 Å². The first-order chi connectivity index (χ1) is 16.0. The van der Waals surface area contributed by atoms with Gasteiger partial charge in [0.05, 0.1) is 30.7 Å². The summed E-state index contributed by atoms with van der Waals surface area (Å²) in [5.41, 5.74) is 3.42. The maximum atomic E-state index is 13.4. The molecule has 1 N–H and O–H groups in total. The molecular formula is C25H28FN5O2. The van der Waals surface area contributed by atoms with Crippen LogP contribution in [0.5, 0.6) is 0 Å². The van der Waals surface area contributed by atoms with Crippen LogP contribution >= 0.6 is 0 Å². The van der Waals surface area contributed by atoms with Gasteiger partial charge in [0, 0.05) is 38.4 Å². The monoisotopic (exact) mass is 449 g/mol. The Labute approximate surface area is 193 Å². The Morgan fingerprint density at radius 2 is 2.12 bits per heavy atom. The topological polar surface area (TPSA) is 70.6 Å². The standard InChI is InChI=1S/C25H28FN5O2/c1-18-5-4-11-27-25(18)29-20-8-9-22(28-16-20)23-17-31(13-14-33-23)24(32)10-12-30(2)21-7-3-6-19(26)15-21/h3-9,11,15-16,23H,10,12-14,17H2,1-2H3,(H,27,29). The highest BCUT2D eigenvalue weighted by Gasteiger charge is 2.26. The summed E-state index contributed by atoms with van der Waals surface area (Å²) < 4.78 is 19.3. The van der Waals surface area contributed by atoms with Crippen molar-refractivity contribution in [3.8, 4) is 0 Å². The van der Waals surface area contributed by atoms with Crippen LogP contribution in [0.2, 0.25) is 0 Å². The number of aryl methyl sites for hydroxylation is 1. The van der Waals surface area contributed by atoms with Crippen molar-refractivity contribution in [2.45, 2.75) is 19.4 Å². The zero-order valence-electron chi connectivity index (χ0n) is 18.9. The molecule has 0 spiro atoms. The van der Waals surface area contributed by atoms with Crippen molar-refractivity contribution in [2.75, 3.05) is 43.5 Å². The number of amides is 1. The summed E-state index contributed by atoms with van der Waals surface area (Å²) in [5, 5.41) is 3.27. The van der Waals surface area contributed by atoms with Gasteiger partial charge >= 0.3 is 0 Å². The van der Waals surface area contributed by atoms with Crippen molar-refractivity contribution in [1.29, 1.82) is 0 Å². The largest absolute Gasteiger partial charge is 0.374 e. The number of aromatic nitrogens is 2. The maximum absolute atomic E-state index is 13.4. The first-order valence-corrected chi connectivity index (χ1v) is 11.0. The van der Waals surface area contributed by atoms with Crippen LogP contribution in [-0.2, 0) is 9.53 Å². The lowest BCUT2D eigenvalue weighted by molar-refractivity contribution is -0.138. The minimum absolute atomic E-state index is 0.0514. The molecule has 0 bridgehead atoms. The molecule has 1 unspecified atom stereocenters. The molecule has 0 saturated carbocycles. The average molecular weight is 450 g/mol. The number of nitrogens with one attached hydrogen (secondary N) is 1. The van der Waals surface area contributed by atoms with Gasteiger partial charge in [0.2, 0.25) is 5.91 Å². The number of hydrogen-bond acceptors (Lipinski definition) is 6. The lowest BCUT2D eigenvalue weighted by atomic mass is 10.1. The minimum Gasteiger partial charge on any atom is -0.374 e. The number of pyridine rings is 2. The lowest BCUT2D eigenvalue weighted by Crippen LogP contribution is -2.43. The normalized spacial score (nSPS) is 15.8. The van der Waals surface area contributed by atoms with Crippen molar-refractivity contribution in [3.63, 3.8) is 0 Å². The first kappa shape index (κ1) is 22.7. The molecule has 2 aromatic heterocycles. The zero-order valence-corrected chi connectivity index (χ0v) is 18.9. The first-order valence-electron chi connectivity index (χ1n) is 11.0. The number of anilines is 3. The van der Waals surface area contributed by atoms with Gasteiger partial charge in [-0.15, -0.1) is 0 Å². The highest BCUT2D eigenvalue weighted by molar-refractivity contribution is 5.77. The van der Waals surface area contributed by atoms with Crippen LogP contribution in [0.25, 0.3) is 0 Å². The number of ether oxygens (including phenoxy) is 1. The number of halogens is 1. The van der Waals surface area contributed by atoms with Gasteiger partial charge in [-0.05, 0) is 48.9 Å². The van der Waals surface area contributed by atoms with Gasteiger partial charge in [-0.3, -0.25) is 9.78 Å². The fourth-order valence-corrected chi connectivity index (χ4v) is 3.74. The van der Waals surface area contributed by atoms with Crippen molar-refractivity contribution in [3.05, 3.63) is 78.0 Å². The van der Waals surface area contributed by atoms with E-state index in [0.717, 1.165) is 28.5 Å². The molecule has 33 heavy (non-hydrogen) atoms. The quantitative estimate of drug-likeness (QED) is 0.586. The fraction of sp³-hybridized carbons (Fsp3) is 0.320. The van der Waals surface area contributed by atoms with Crippen molar-refractivity contribution < 1.29 is 13.9 Å². The molecule has 1 atom stereocenters. The Bertz CT molecular complexity index is 1090. The average Bonchev–Trinajstić information content (AvgIpc) is 2.84. The molecule has 1 amide bonds. The third-order valence-corrected chi connectivity index (χ3v) is 5.72. The summed E-state index contributed by atoms with van der Waals surface area (Å²) in [7, 11) is 1.86. The van der Waals surface area contributed by atoms with Crippen LogP contribution in [0.3, 0.4) is 0 Å². The fourth-order valence-electron chi connectivity index (χ4n) is 3.74. The number of morpholine rings is 1. The summed E-state index contributed by atoms with van der Waals surface area (Å²) in [6.45, 7) is 3.98. The van der Waals surface area contributed by atoms with Crippen molar-refractivity contribution >= 4 is 23.1 Å². The maximum Gasteiger partial charge on any atom is 0.224 e. The number of benzene rings is 1. The minimum atomic E-state index is -0.286. The Balaban J connectivity index is 1.32. The lowest BCUT2D eigenvalue weighted by Gasteiger charge is -2.33. The van der Waals surface area contributed by atoms with Crippen LogP contribution < -0.4 is 10.2 Å². The smallest absolute Gasteiger partial charge is 0.224 e. The third kappa shape index (κ3) is 5.84. The van der Waals surface area contributed by atoms with Crippen LogP contribution in [0, 0.1) is 12.7 Å². The molecule has 4 rings (SSSR count). The molecule has 3 aromatic rings. The van der Waals surface area contributed by atoms with Gasteiger partial charge in [-0.2, -0.15) is 0 Å². The van der Waals surface area contributed by atoms with Gasteiger partial charge in [-0.25, -0.2) is 9.37 Å². The molecule has 1 aliphatic heterocycles. The predicted octanol–water partition coefficient (Wildman–Crippen LogP) is 4.09. The van der Waals surface area contributed by atoms with Crippen molar-refractivity contribution in [1.82, 2.24) is 14.9 Å². The van der Waals surface area contributed by atoms with Gasteiger partial charge in [0.1, 0.15) is 17.7 Å². The number of carbonyl (C=O) groups excluding carboxylic acids is 1. The molecule has 1 aliphatic rings. The number of carbonyl (C=O) groups is 1. The molecule has 0 aliphatic carbocycles. The summed E-state index contributed by atoms with van der Waals surface area (Å²) in [4.78, 5) is 25.4. The number of rotatable bonds is 7. The van der Waals surface area contributed by atoms with E-state index in [0.29, 0.717) is 32.7 Å². The number of nitrogens with zero attached hydrogens (tertiary/aromatic N) is 4. The SMILES string of the molecule is Cc1cccnc1Nc1ccc(C2CN(C(=O)CCN(C)c3cccc(F)c3)CCO2)nc1. The van der Waals surface area contributed by atoms with E-state index >= 15 is 0 Å². The van der Waals surface area contributed by atoms with Gasteiger partial charge in [0.25, 0.3) is 0 Å². The van der Waals surface area contributed by atoms with Crippen LogP contribution in [0.15, 0.2) is 60.9 Å². The summed E-state index contributed by atoms with van der Waals surface area (Å²) >= 11 is 0. The molecule has 8 heteroatoms.